The van der Waals surface area contributed by atoms with E-state index < -0.39 is 0 Å². The normalized spacial score (nSPS) is 26.4. The first-order valence-electron chi connectivity index (χ1n) is 7.55. The molecule has 112 valence electrons. The molecule has 1 unspecified atom stereocenters. The van der Waals surface area contributed by atoms with Crippen LogP contribution < -0.4 is 5.32 Å². The van der Waals surface area contributed by atoms with Crippen molar-refractivity contribution in [2.75, 3.05) is 13.7 Å². The molecule has 1 N–H and O–H groups in total. The van der Waals surface area contributed by atoms with Crippen LogP contribution in [0.3, 0.4) is 0 Å². The van der Waals surface area contributed by atoms with Crippen molar-refractivity contribution < 1.29 is 9.53 Å². The molecule has 0 bridgehead atoms. The Hall–Kier alpha value is -0.610. The molecule has 0 spiro atoms. The van der Waals surface area contributed by atoms with E-state index in [0.717, 1.165) is 13.0 Å². The zero-order chi connectivity index (χ0) is 14.4. The molecule has 1 aliphatic rings. The number of likely N-dealkylation sites (tertiary alicyclic amines) is 1. The van der Waals surface area contributed by atoms with E-state index in [1.54, 1.807) is 0 Å². The van der Waals surface area contributed by atoms with Gasteiger partial charge in [0.25, 0.3) is 0 Å². The summed E-state index contributed by atoms with van der Waals surface area (Å²) in [5.74, 6) is -0.147. The standard InChI is InChI=1S/C15H30N2O2/c1-11(2)16-14(15(18)19-5)9-10-17-12(3)7-6-8-13(17)4/h11-14,16H,6-10H2,1-5H3/t12-,13+,14?. The van der Waals surface area contributed by atoms with Gasteiger partial charge in [0.1, 0.15) is 6.04 Å². The molecule has 1 aliphatic heterocycles. The van der Waals surface area contributed by atoms with Crippen molar-refractivity contribution in [2.45, 2.75) is 77.5 Å². The Morgan fingerprint density at radius 1 is 1.32 bits per heavy atom. The maximum absolute atomic E-state index is 11.8. The van der Waals surface area contributed by atoms with Crippen LogP contribution >= 0.6 is 0 Å². The van der Waals surface area contributed by atoms with E-state index >= 15 is 0 Å². The van der Waals surface area contributed by atoms with Gasteiger partial charge >= 0.3 is 5.97 Å². The molecule has 0 aromatic heterocycles. The lowest BCUT2D eigenvalue weighted by molar-refractivity contribution is -0.143. The number of hydrogen-bond acceptors (Lipinski definition) is 4. The highest BCUT2D eigenvalue weighted by Gasteiger charge is 2.27. The third kappa shape index (κ3) is 5.11. The van der Waals surface area contributed by atoms with E-state index in [0.29, 0.717) is 18.1 Å². The zero-order valence-electron chi connectivity index (χ0n) is 13.1. The van der Waals surface area contributed by atoms with E-state index in [1.165, 1.54) is 26.4 Å². The van der Waals surface area contributed by atoms with Crippen LogP contribution in [0.1, 0.15) is 53.4 Å². The van der Waals surface area contributed by atoms with E-state index in [9.17, 15) is 4.79 Å². The van der Waals surface area contributed by atoms with Gasteiger partial charge in [0.05, 0.1) is 7.11 Å². The summed E-state index contributed by atoms with van der Waals surface area (Å²) in [6, 6.07) is 1.36. The van der Waals surface area contributed by atoms with Gasteiger partial charge in [-0.25, -0.2) is 0 Å². The Balaban J connectivity index is 2.52. The van der Waals surface area contributed by atoms with Crippen molar-refractivity contribution in [1.29, 1.82) is 0 Å². The second-order valence-corrected chi connectivity index (χ2v) is 6.05. The Kier molecular flexibility index (Phi) is 6.80. The van der Waals surface area contributed by atoms with Crippen molar-refractivity contribution in [1.82, 2.24) is 10.2 Å². The maximum atomic E-state index is 11.8. The third-order valence-corrected chi connectivity index (χ3v) is 4.07. The molecule has 0 aromatic rings. The quantitative estimate of drug-likeness (QED) is 0.751. The summed E-state index contributed by atoms with van der Waals surface area (Å²) >= 11 is 0. The molecule has 1 saturated heterocycles. The van der Waals surface area contributed by atoms with Gasteiger partial charge in [0, 0.05) is 24.7 Å². The predicted molar refractivity (Wildman–Crippen MR) is 78.2 cm³/mol. The van der Waals surface area contributed by atoms with Crippen LogP contribution in [-0.4, -0.2) is 48.7 Å². The Morgan fingerprint density at radius 2 is 1.89 bits per heavy atom. The molecule has 19 heavy (non-hydrogen) atoms. The number of hydrogen-bond donors (Lipinski definition) is 1. The van der Waals surface area contributed by atoms with E-state index in [4.69, 9.17) is 4.74 Å². The van der Waals surface area contributed by atoms with E-state index in [-0.39, 0.29) is 12.0 Å². The monoisotopic (exact) mass is 270 g/mol. The van der Waals surface area contributed by atoms with Crippen LogP contribution in [0.2, 0.25) is 0 Å². The van der Waals surface area contributed by atoms with Gasteiger partial charge in [-0.3, -0.25) is 9.69 Å². The van der Waals surface area contributed by atoms with Crippen LogP contribution in [-0.2, 0) is 9.53 Å². The topological polar surface area (TPSA) is 41.6 Å². The predicted octanol–water partition coefficient (Wildman–Crippen LogP) is 2.18. The molecular formula is C15H30N2O2. The number of nitrogens with zero attached hydrogens (tertiary/aromatic N) is 1. The fourth-order valence-corrected chi connectivity index (χ4v) is 3.01. The fraction of sp³-hybridized carbons (Fsp3) is 0.933. The van der Waals surface area contributed by atoms with Gasteiger partial charge in [-0.2, -0.15) is 0 Å². The van der Waals surface area contributed by atoms with Crippen molar-refractivity contribution in [3.63, 3.8) is 0 Å². The average molecular weight is 270 g/mol. The molecule has 0 saturated carbocycles. The third-order valence-electron chi connectivity index (χ3n) is 4.07. The minimum absolute atomic E-state index is 0.147. The number of rotatable bonds is 6. The first-order chi connectivity index (χ1) is 8.95. The lowest BCUT2D eigenvalue weighted by Crippen LogP contribution is -2.48. The van der Waals surface area contributed by atoms with Crippen LogP contribution in [0, 0.1) is 0 Å². The van der Waals surface area contributed by atoms with Crippen molar-refractivity contribution in [3.05, 3.63) is 0 Å². The van der Waals surface area contributed by atoms with Gasteiger partial charge in [-0.15, -0.1) is 0 Å². The van der Waals surface area contributed by atoms with Crippen molar-refractivity contribution >= 4 is 5.97 Å². The number of piperidine rings is 1. The van der Waals surface area contributed by atoms with Gasteiger partial charge in [0.15, 0.2) is 0 Å². The summed E-state index contributed by atoms with van der Waals surface area (Å²) in [5.41, 5.74) is 0. The molecule has 1 heterocycles. The number of carbonyl (C=O) groups excluding carboxylic acids is 1. The summed E-state index contributed by atoms with van der Waals surface area (Å²) in [7, 11) is 1.46. The summed E-state index contributed by atoms with van der Waals surface area (Å²) in [6.07, 6.45) is 4.68. The Bertz CT molecular complexity index is 271. The maximum Gasteiger partial charge on any atom is 0.322 e. The summed E-state index contributed by atoms with van der Waals surface area (Å²) < 4.78 is 4.89. The number of nitrogens with one attached hydrogen (secondary N) is 1. The first-order valence-corrected chi connectivity index (χ1v) is 7.55. The van der Waals surface area contributed by atoms with Gasteiger partial charge < -0.3 is 10.1 Å². The highest BCUT2D eigenvalue weighted by atomic mass is 16.5. The lowest BCUT2D eigenvalue weighted by Gasteiger charge is -2.39. The number of esters is 1. The number of ether oxygens (including phenoxy) is 1. The van der Waals surface area contributed by atoms with Crippen LogP contribution in [0.15, 0.2) is 0 Å². The van der Waals surface area contributed by atoms with Crippen LogP contribution in [0.4, 0.5) is 0 Å². The van der Waals surface area contributed by atoms with Gasteiger partial charge in [-0.1, -0.05) is 20.3 Å². The van der Waals surface area contributed by atoms with Crippen LogP contribution in [0.5, 0.6) is 0 Å². The van der Waals surface area contributed by atoms with Crippen molar-refractivity contribution in [3.8, 4) is 0 Å². The largest absolute Gasteiger partial charge is 0.468 e. The van der Waals surface area contributed by atoms with Crippen LogP contribution in [0.25, 0.3) is 0 Å². The van der Waals surface area contributed by atoms with E-state index in [2.05, 4.69) is 37.9 Å². The zero-order valence-corrected chi connectivity index (χ0v) is 13.1. The highest BCUT2D eigenvalue weighted by molar-refractivity contribution is 5.75. The minimum atomic E-state index is -0.189. The van der Waals surface area contributed by atoms with Crippen molar-refractivity contribution in [2.24, 2.45) is 0 Å². The Morgan fingerprint density at radius 3 is 2.37 bits per heavy atom. The van der Waals surface area contributed by atoms with Gasteiger partial charge in [0.2, 0.25) is 0 Å². The number of carbonyl (C=O) groups is 1. The molecule has 3 atom stereocenters. The molecule has 0 radical (unpaired) electrons. The molecule has 0 aromatic carbocycles. The van der Waals surface area contributed by atoms with Gasteiger partial charge in [-0.05, 0) is 33.1 Å². The smallest absolute Gasteiger partial charge is 0.322 e. The molecule has 1 fully saturated rings. The Labute approximate surface area is 117 Å². The molecule has 4 heteroatoms. The second-order valence-electron chi connectivity index (χ2n) is 6.05. The highest BCUT2D eigenvalue weighted by Crippen LogP contribution is 2.22. The summed E-state index contributed by atoms with van der Waals surface area (Å²) in [4.78, 5) is 14.3. The SMILES string of the molecule is COC(=O)C(CCN1[C@H](C)CCC[C@@H]1C)NC(C)C. The minimum Gasteiger partial charge on any atom is -0.468 e. The fourth-order valence-electron chi connectivity index (χ4n) is 3.01. The first kappa shape index (κ1) is 16.4. The molecular weight excluding hydrogens is 240 g/mol. The average Bonchev–Trinajstić information content (AvgIpc) is 2.35. The molecule has 1 rings (SSSR count). The molecule has 4 nitrogen and oxygen atoms in total. The molecule has 0 aliphatic carbocycles. The van der Waals surface area contributed by atoms with E-state index in [1.807, 2.05) is 0 Å². The summed E-state index contributed by atoms with van der Waals surface area (Å²) in [6.45, 7) is 9.66. The number of methoxy groups -OCH3 is 1. The summed E-state index contributed by atoms with van der Waals surface area (Å²) in [5, 5.41) is 3.30. The lowest BCUT2D eigenvalue weighted by atomic mass is 9.97. The molecule has 0 amide bonds. The second kappa shape index (κ2) is 7.85.